The maximum atomic E-state index is 12.3. The molecule has 4 nitrogen and oxygen atoms in total. The van der Waals surface area contributed by atoms with Gasteiger partial charge in [0, 0.05) is 21.2 Å². The largest absolute Gasteiger partial charge is 0.457 e. The van der Waals surface area contributed by atoms with Crippen molar-refractivity contribution in [3.8, 4) is 11.5 Å². The molecular weight excluding hydrogens is 344 g/mol. The van der Waals surface area contributed by atoms with Crippen LogP contribution < -0.4 is 15.4 Å². The fourth-order valence-electron chi connectivity index (χ4n) is 2.59. The van der Waals surface area contributed by atoms with Crippen LogP contribution in [0.1, 0.15) is 0 Å². The van der Waals surface area contributed by atoms with Gasteiger partial charge >= 0.3 is 6.03 Å². The summed E-state index contributed by atoms with van der Waals surface area (Å²) in [6.45, 7) is 0. The van der Waals surface area contributed by atoms with E-state index in [2.05, 4.69) is 10.6 Å². The number of benzene rings is 3. The van der Waals surface area contributed by atoms with E-state index in [0.717, 1.165) is 21.5 Å². The van der Waals surface area contributed by atoms with Crippen LogP contribution in [-0.4, -0.2) is 6.03 Å². The summed E-state index contributed by atoms with van der Waals surface area (Å²) in [6.07, 6.45) is 0. The van der Waals surface area contributed by atoms with E-state index in [1.165, 1.54) is 0 Å². The molecule has 4 rings (SSSR count). The van der Waals surface area contributed by atoms with Gasteiger partial charge in [0.2, 0.25) is 0 Å². The van der Waals surface area contributed by atoms with Gasteiger partial charge in [-0.25, -0.2) is 4.79 Å². The molecule has 0 aliphatic carbocycles. The number of para-hydroxylation sites is 1. The number of fused-ring (bicyclic) bond motifs is 1. The molecule has 0 saturated heterocycles. The molecule has 4 aromatic rings. The Hall–Kier alpha value is -3.31. The number of rotatable bonds is 4. The number of ether oxygens (including phenoxy) is 1. The van der Waals surface area contributed by atoms with Gasteiger partial charge in [0.25, 0.3) is 0 Å². The maximum absolute atomic E-state index is 12.3. The second-order valence-corrected chi connectivity index (χ2v) is 6.58. The number of urea groups is 1. The van der Waals surface area contributed by atoms with Crippen LogP contribution in [0.4, 0.5) is 16.2 Å². The molecule has 2 amide bonds. The van der Waals surface area contributed by atoms with Crippen molar-refractivity contribution in [2.45, 2.75) is 0 Å². The molecular formula is C21H16N2O2S. The Morgan fingerprint density at radius 2 is 1.46 bits per heavy atom. The van der Waals surface area contributed by atoms with Gasteiger partial charge < -0.3 is 15.4 Å². The molecule has 0 aliphatic rings. The maximum Gasteiger partial charge on any atom is 0.323 e. The molecule has 2 N–H and O–H groups in total. The Labute approximate surface area is 155 Å². The monoisotopic (exact) mass is 360 g/mol. The van der Waals surface area contributed by atoms with Gasteiger partial charge in [-0.3, -0.25) is 0 Å². The van der Waals surface area contributed by atoms with Crippen molar-refractivity contribution < 1.29 is 9.53 Å². The predicted octanol–water partition coefficient (Wildman–Crippen LogP) is 6.34. The van der Waals surface area contributed by atoms with Crippen molar-refractivity contribution in [3.63, 3.8) is 0 Å². The van der Waals surface area contributed by atoms with Crippen molar-refractivity contribution >= 4 is 38.8 Å². The van der Waals surface area contributed by atoms with E-state index < -0.39 is 0 Å². The van der Waals surface area contributed by atoms with Crippen LogP contribution in [0.3, 0.4) is 0 Å². The molecule has 0 fully saturated rings. The van der Waals surface area contributed by atoms with Gasteiger partial charge in [-0.1, -0.05) is 36.4 Å². The lowest BCUT2D eigenvalue weighted by atomic mass is 10.2. The number of carbonyl (C=O) groups is 1. The fraction of sp³-hybridized carbons (Fsp3) is 0. The molecule has 3 aromatic carbocycles. The Morgan fingerprint density at radius 3 is 2.27 bits per heavy atom. The van der Waals surface area contributed by atoms with Crippen LogP contribution in [0.15, 0.2) is 84.2 Å². The molecule has 0 spiro atoms. The van der Waals surface area contributed by atoms with E-state index in [1.807, 2.05) is 84.2 Å². The molecule has 1 heterocycles. The van der Waals surface area contributed by atoms with Gasteiger partial charge in [-0.2, -0.15) is 0 Å². The van der Waals surface area contributed by atoms with Gasteiger partial charge in [0.1, 0.15) is 11.5 Å². The van der Waals surface area contributed by atoms with E-state index in [1.54, 1.807) is 11.3 Å². The van der Waals surface area contributed by atoms with Crippen LogP contribution in [0, 0.1) is 0 Å². The molecule has 128 valence electrons. The molecule has 26 heavy (non-hydrogen) atoms. The highest BCUT2D eigenvalue weighted by Gasteiger charge is 2.08. The Bertz CT molecular complexity index is 1030. The van der Waals surface area contributed by atoms with Gasteiger partial charge in [0.15, 0.2) is 0 Å². The number of anilines is 2. The first-order valence-corrected chi connectivity index (χ1v) is 9.03. The van der Waals surface area contributed by atoms with Crippen molar-refractivity contribution in [2.24, 2.45) is 0 Å². The topological polar surface area (TPSA) is 50.4 Å². The third kappa shape index (κ3) is 3.68. The molecule has 0 radical (unpaired) electrons. The first kappa shape index (κ1) is 16.2. The summed E-state index contributed by atoms with van der Waals surface area (Å²) in [7, 11) is 0. The number of amides is 2. The summed E-state index contributed by atoms with van der Waals surface area (Å²) in [5.41, 5.74) is 1.51. The molecule has 0 aliphatic heterocycles. The lowest BCUT2D eigenvalue weighted by molar-refractivity contribution is 0.262. The SMILES string of the molecule is O=C(Nc1ccc(Oc2ccccc2)cc1)Nc1csc2ccccc12. The van der Waals surface area contributed by atoms with Crippen LogP contribution in [0.2, 0.25) is 0 Å². The van der Waals surface area contributed by atoms with E-state index in [9.17, 15) is 4.79 Å². The highest BCUT2D eigenvalue weighted by atomic mass is 32.1. The standard InChI is InChI=1S/C21H16N2O2S/c24-21(23-19-14-26-20-9-5-4-8-18(19)20)22-15-10-12-17(13-11-15)25-16-6-2-1-3-7-16/h1-14H,(H2,22,23,24). The fourth-order valence-corrected chi connectivity index (χ4v) is 3.48. The zero-order valence-corrected chi connectivity index (χ0v) is 14.6. The highest BCUT2D eigenvalue weighted by Crippen LogP contribution is 2.30. The number of nitrogens with one attached hydrogen (secondary N) is 2. The summed E-state index contributed by atoms with van der Waals surface area (Å²) in [4.78, 5) is 12.3. The summed E-state index contributed by atoms with van der Waals surface area (Å²) >= 11 is 1.61. The van der Waals surface area contributed by atoms with E-state index in [-0.39, 0.29) is 6.03 Å². The molecule has 0 atom stereocenters. The van der Waals surface area contributed by atoms with E-state index >= 15 is 0 Å². The Morgan fingerprint density at radius 1 is 0.769 bits per heavy atom. The lowest BCUT2D eigenvalue weighted by Crippen LogP contribution is -2.19. The molecule has 0 saturated carbocycles. The zero-order chi connectivity index (χ0) is 17.8. The van der Waals surface area contributed by atoms with Crippen LogP contribution in [0.25, 0.3) is 10.1 Å². The summed E-state index contributed by atoms with van der Waals surface area (Å²) in [6, 6.07) is 24.5. The average molecular weight is 360 g/mol. The minimum absolute atomic E-state index is 0.273. The summed E-state index contributed by atoms with van der Waals surface area (Å²) in [5.74, 6) is 1.49. The first-order chi connectivity index (χ1) is 12.8. The van der Waals surface area contributed by atoms with Gasteiger partial charge in [-0.05, 0) is 42.5 Å². The van der Waals surface area contributed by atoms with Gasteiger partial charge in [0.05, 0.1) is 5.69 Å². The zero-order valence-electron chi connectivity index (χ0n) is 13.8. The van der Waals surface area contributed by atoms with Crippen molar-refractivity contribution in [3.05, 3.63) is 84.2 Å². The number of hydrogen-bond acceptors (Lipinski definition) is 3. The third-order valence-electron chi connectivity index (χ3n) is 3.82. The number of thiophene rings is 1. The normalized spacial score (nSPS) is 10.5. The van der Waals surface area contributed by atoms with E-state index in [4.69, 9.17) is 4.74 Å². The second-order valence-electron chi connectivity index (χ2n) is 5.66. The van der Waals surface area contributed by atoms with E-state index in [0.29, 0.717) is 11.4 Å². The second kappa shape index (κ2) is 7.29. The number of carbonyl (C=O) groups excluding carboxylic acids is 1. The average Bonchev–Trinajstić information content (AvgIpc) is 3.07. The highest BCUT2D eigenvalue weighted by molar-refractivity contribution is 7.17. The smallest absolute Gasteiger partial charge is 0.323 e. The Balaban J connectivity index is 1.40. The summed E-state index contributed by atoms with van der Waals surface area (Å²) < 4.78 is 6.89. The van der Waals surface area contributed by atoms with Crippen LogP contribution in [-0.2, 0) is 0 Å². The van der Waals surface area contributed by atoms with Gasteiger partial charge in [-0.15, -0.1) is 11.3 Å². The quantitative estimate of drug-likeness (QED) is 0.446. The van der Waals surface area contributed by atoms with Crippen LogP contribution >= 0.6 is 11.3 Å². The minimum Gasteiger partial charge on any atom is -0.457 e. The lowest BCUT2D eigenvalue weighted by Gasteiger charge is -2.09. The predicted molar refractivity (Wildman–Crippen MR) is 107 cm³/mol. The molecule has 1 aromatic heterocycles. The van der Waals surface area contributed by atoms with Crippen molar-refractivity contribution in [1.82, 2.24) is 0 Å². The molecule has 0 bridgehead atoms. The molecule has 5 heteroatoms. The molecule has 0 unspecified atom stereocenters. The minimum atomic E-state index is -0.273. The number of hydrogen-bond donors (Lipinski definition) is 2. The van der Waals surface area contributed by atoms with Crippen molar-refractivity contribution in [1.29, 1.82) is 0 Å². The van der Waals surface area contributed by atoms with Crippen LogP contribution in [0.5, 0.6) is 11.5 Å². The third-order valence-corrected chi connectivity index (χ3v) is 4.78. The first-order valence-electron chi connectivity index (χ1n) is 8.15. The van der Waals surface area contributed by atoms with Crippen molar-refractivity contribution in [2.75, 3.05) is 10.6 Å². The Kier molecular flexibility index (Phi) is 4.53. The summed E-state index contributed by atoms with van der Waals surface area (Å²) in [5, 5.41) is 8.72.